The predicted octanol–water partition coefficient (Wildman–Crippen LogP) is 10.9. The van der Waals surface area contributed by atoms with Gasteiger partial charge in [-0.25, -0.2) is 9.97 Å². The fourth-order valence-electron chi connectivity index (χ4n) is 8.68. The van der Waals surface area contributed by atoms with Crippen molar-refractivity contribution in [3.05, 3.63) is 113 Å². The molecule has 0 radical (unpaired) electrons. The molecule has 2 saturated carbocycles. The standard InChI is InChI=1S/C23H27ClN4.C22H25ClN4O/c1-28(2)15-16-3-5-18(6-4-16)22-21(17-11-13-25-14-12-17)23(27-26-22)19-7-9-20(24)10-8-19;1-22(2,28)16-7-3-14(4-8-16)20-19(18-11-12-24-13-25-18)21(27-26-20)15-5-9-17(23)10-6-15/h7-14,16,18H,3-6,15H2,1-2H3,(H,26,27);5-6,9-14,16,28H,3-4,7-8H2,1-2H3,(H,26,27). The number of nitrogens with zero attached hydrogens (tertiary/aromatic N) is 6. The number of hydrogen-bond acceptors (Lipinski definition) is 7. The molecule has 9 nitrogen and oxygen atoms in total. The summed E-state index contributed by atoms with van der Waals surface area (Å²) in [4.78, 5) is 15.1. The molecule has 6 aromatic rings. The lowest BCUT2D eigenvalue weighted by molar-refractivity contribution is -0.00170. The molecular formula is C45H52Cl2N8O. The van der Waals surface area contributed by atoms with Crippen LogP contribution in [0.5, 0.6) is 0 Å². The molecule has 2 aliphatic rings. The van der Waals surface area contributed by atoms with Crippen molar-refractivity contribution in [3.8, 4) is 44.9 Å². The molecule has 11 heteroatoms. The molecule has 0 aliphatic heterocycles. The Kier molecular flexibility index (Phi) is 12.7. The van der Waals surface area contributed by atoms with E-state index in [1.807, 2.05) is 80.8 Å². The number of aromatic amines is 2. The van der Waals surface area contributed by atoms with Crippen LogP contribution in [0.1, 0.15) is 88.4 Å². The van der Waals surface area contributed by atoms with Gasteiger partial charge < -0.3 is 10.0 Å². The molecule has 2 aromatic carbocycles. The zero-order valence-electron chi connectivity index (χ0n) is 32.7. The highest BCUT2D eigenvalue weighted by Gasteiger charge is 2.34. The molecule has 0 saturated heterocycles. The summed E-state index contributed by atoms with van der Waals surface area (Å²) in [7, 11) is 4.34. The third-order valence-electron chi connectivity index (χ3n) is 11.6. The van der Waals surface area contributed by atoms with E-state index in [4.69, 9.17) is 28.3 Å². The van der Waals surface area contributed by atoms with Gasteiger partial charge in [0.05, 0.1) is 11.3 Å². The number of benzene rings is 2. The second kappa shape index (κ2) is 17.8. The van der Waals surface area contributed by atoms with Crippen molar-refractivity contribution in [2.24, 2.45) is 11.8 Å². The molecular weight excluding hydrogens is 739 g/mol. The van der Waals surface area contributed by atoms with Gasteiger partial charge in [-0.3, -0.25) is 15.2 Å². The van der Waals surface area contributed by atoms with Crippen molar-refractivity contribution >= 4 is 23.2 Å². The van der Waals surface area contributed by atoms with Gasteiger partial charge in [0.15, 0.2) is 0 Å². The maximum atomic E-state index is 10.4. The lowest BCUT2D eigenvalue weighted by Crippen LogP contribution is -2.33. The summed E-state index contributed by atoms with van der Waals surface area (Å²) in [5.41, 5.74) is 10.0. The third-order valence-corrected chi connectivity index (χ3v) is 12.1. The SMILES string of the molecule is CC(C)(O)C1CCC(c2[nH]nc(-c3ccc(Cl)cc3)c2-c2ccncn2)CC1.CN(C)CC1CCC(c2[nH]nc(-c3ccc(Cl)cc3)c2-c2ccncc2)CC1. The molecule has 4 aromatic heterocycles. The van der Waals surface area contributed by atoms with Crippen LogP contribution >= 0.6 is 23.2 Å². The molecule has 292 valence electrons. The molecule has 56 heavy (non-hydrogen) atoms. The second-order valence-corrected chi connectivity index (χ2v) is 17.1. The molecule has 0 amide bonds. The normalized spacial score (nSPS) is 20.1. The molecule has 0 unspecified atom stereocenters. The number of aromatic nitrogens is 7. The van der Waals surface area contributed by atoms with E-state index >= 15 is 0 Å². The van der Waals surface area contributed by atoms with Gasteiger partial charge in [0.25, 0.3) is 0 Å². The third kappa shape index (κ3) is 9.40. The zero-order chi connectivity index (χ0) is 39.2. The summed E-state index contributed by atoms with van der Waals surface area (Å²) in [6.07, 6.45) is 16.1. The van der Waals surface area contributed by atoms with Crippen LogP contribution in [0.2, 0.25) is 10.0 Å². The molecule has 2 fully saturated rings. The van der Waals surface area contributed by atoms with Gasteiger partial charge in [-0.2, -0.15) is 10.2 Å². The summed E-state index contributed by atoms with van der Waals surface area (Å²) < 4.78 is 0. The summed E-state index contributed by atoms with van der Waals surface area (Å²) in [5, 5.41) is 27.9. The summed E-state index contributed by atoms with van der Waals surface area (Å²) in [6.45, 7) is 5.02. The number of H-pyrrole nitrogens is 2. The molecule has 0 atom stereocenters. The maximum Gasteiger partial charge on any atom is 0.116 e. The Labute approximate surface area is 340 Å². The van der Waals surface area contributed by atoms with Crippen LogP contribution in [-0.4, -0.2) is 71.6 Å². The molecule has 0 bridgehead atoms. The molecule has 2 aliphatic carbocycles. The van der Waals surface area contributed by atoms with E-state index in [1.54, 1.807) is 12.5 Å². The average Bonchev–Trinajstić information content (AvgIpc) is 3.85. The topological polar surface area (TPSA) is 120 Å². The fourth-order valence-corrected chi connectivity index (χ4v) is 8.93. The Hall–Kier alpha value is -4.41. The summed E-state index contributed by atoms with van der Waals surface area (Å²) in [5.74, 6) is 2.03. The van der Waals surface area contributed by atoms with E-state index in [0.717, 1.165) is 76.1 Å². The van der Waals surface area contributed by atoms with E-state index in [0.29, 0.717) is 22.8 Å². The Morgan fingerprint density at radius 3 is 1.64 bits per heavy atom. The van der Waals surface area contributed by atoms with Gasteiger partial charge in [-0.05, 0) is 139 Å². The fraction of sp³-hybridized carbons (Fsp3) is 0.400. The lowest BCUT2D eigenvalue weighted by atomic mass is 9.73. The van der Waals surface area contributed by atoms with Crippen LogP contribution < -0.4 is 0 Å². The van der Waals surface area contributed by atoms with E-state index < -0.39 is 5.60 Å². The van der Waals surface area contributed by atoms with E-state index in [9.17, 15) is 5.11 Å². The minimum absolute atomic E-state index is 0.338. The van der Waals surface area contributed by atoms with Crippen molar-refractivity contribution in [2.45, 2.75) is 82.7 Å². The number of rotatable bonds is 9. The van der Waals surface area contributed by atoms with Gasteiger partial charge in [0, 0.05) is 80.7 Å². The zero-order valence-corrected chi connectivity index (χ0v) is 34.2. The van der Waals surface area contributed by atoms with E-state index in [-0.39, 0.29) is 0 Å². The number of pyridine rings is 1. The maximum absolute atomic E-state index is 10.4. The first-order valence-corrected chi connectivity index (χ1v) is 20.5. The minimum atomic E-state index is -0.622. The van der Waals surface area contributed by atoms with Gasteiger partial charge in [-0.15, -0.1) is 0 Å². The minimum Gasteiger partial charge on any atom is -0.390 e. The van der Waals surface area contributed by atoms with Gasteiger partial charge >= 0.3 is 0 Å². The Morgan fingerprint density at radius 1 is 0.643 bits per heavy atom. The van der Waals surface area contributed by atoms with Crippen LogP contribution in [0.15, 0.2) is 91.6 Å². The number of aliphatic hydroxyl groups is 1. The smallest absolute Gasteiger partial charge is 0.116 e. The molecule has 4 heterocycles. The molecule has 0 spiro atoms. The molecule has 3 N–H and O–H groups in total. The Morgan fingerprint density at radius 2 is 1.14 bits per heavy atom. The summed E-state index contributed by atoms with van der Waals surface area (Å²) >= 11 is 12.2. The first-order valence-electron chi connectivity index (χ1n) is 19.8. The first kappa shape index (κ1) is 39.8. The summed E-state index contributed by atoms with van der Waals surface area (Å²) in [6, 6.07) is 21.7. The lowest BCUT2D eigenvalue weighted by Gasteiger charge is -2.35. The van der Waals surface area contributed by atoms with Crippen molar-refractivity contribution in [3.63, 3.8) is 0 Å². The Bertz CT molecular complexity index is 2130. The van der Waals surface area contributed by atoms with Crippen LogP contribution in [-0.2, 0) is 0 Å². The largest absolute Gasteiger partial charge is 0.390 e. The van der Waals surface area contributed by atoms with Gasteiger partial charge in [0.2, 0.25) is 0 Å². The van der Waals surface area contributed by atoms with Crippen molar-refractivity contribution in [1.82, 2.24) is 40.2 Å². The highest BCUT2D eigenvalue weighted by molar-refractivity contribution is 6.31. The molecule has 8 rings (SSSR count). The van der Waals surface area contributed by atoms with Crippen LogP contribution in [0.3, 0.4) is 0 Å². The highest BCUT2D eigenvalue weighted by Crippen LogP contribution is 2.45. The van der Waals surface area contributed by atoms with Crippen LogP contribution in [0, 0.1) is 11.8 Å². The Balaban J connectivity index is 0.000000172. The second-order valence-electron chi connectivity index (χ2n) is 16.2. The van der Waals surface area contributed by atoms with Gasteiger partial charge in [-0.1, -0.05) is 47.5 Å². The van der Waals surface area contributed by atoms with E-state index in [1.165, 1.54) is 49.0 Å². The van der Waals surface area contributed by atoms with Crippen molar-refractivity contribution < 1.29 is 5.11 Å². The quantitative estimate of drug-likeness (QED) is 0.133. The number of halogens is 2. The first-order chi connectivity index (χ1) is 27.0. The number of hydrogen-bond donors (Lipinski definition) is 3. The number of nitrogens with one attached hydrogen (secondary N) is 2. The highest BCUT2D eigenvalue weighted by atomic mass is 35.5. The monoisotopic (exact) mass is 790 g/mol. The van der Waals surface area contributed by atoms with Crippen LogP contribution in [0.25, 0.3) is 44.9 Å². The average molecular weight is 792 g/mol. The van der Waals surface area contributed by atoms with E-state index in [2.05, 4.69) is 61.4 Å². The predicted molar refractivity (Wildman–Crippen MR) is 227 cm³/mol. The van der Waals surface area contributed by atoms with Gasteiger partial charge in [0.1, 0.15) is 17.7 Å². The van der Waals surface area contributed by atoms with Crippen molar-refractivity contribution in [1.29, 1.82) is 0 Å². The van der Waals surface area contributed by atoms with Crippen LogP contribution in [0.4, 0.5) is 0 Å². The van der Waals surface area contributed by atoms with Crippen molar-refractivity contribution in [2.75, 3.05) is 20.6 Å².